The van der Waals surface area contributed by atoms with Crippen LogP contribution in [-0.2, 0) is 22.6 Å². The van der Waals surface area contributed by atoms with Crippen LogP contribution in [0.5, 0.6) is 0 Å². The van der Waals surface area contributed by atoms with E-state index in [-0.39, 0.29) is 24.6 Å². The Bertz CT molecular complexity index is 736. The minimum Gasteiger partial charge on any atom is -0.445 e. The van der Waals surface area contributed by atoms with Gasteiger partial charge in [-0.3, -0.25) is 10.2 Å². The first-order chi connectivity index (χ1) is 12.6. The number of amides is 2. The van der Waals surface area contributed by atoms with Crippen LogP contribution in [0.15, 0.2) is 60.7 Å². The summed E-state index contributed by atoms with van der Waals surface area (Å²) in [7, 11) is 1.81. The number of benzene rings is 2. The Hall–Kier alpha value is -2.86. The maximum absolute atomic E-state index is 12.3. The third kappa shape index (κ3) is 4.83. The Morgan fingerprint density at radius 1 is 1.15 bits per heavy atom. The van der Waals surface area contributed by atoms with Crippen LogP contribution >= 0.6 is 0 Å². The smallest absolute Gasteiger partial charge is 0.407 e. The molecule has 0 bridgehead atoms. The molecule has 3 rings (SSSR count). The van der Waals surface area contributed by atoms with Crippen molar-refractivity contribution < 1.29 is 14.3 Å². The second-order valence-corrected chi connectivity index (χ2v) is 6.42. The van der Waals surface area contributed by atoms with Gasteiger partial charge in [0.2, 0.25) is 5.91 Å². The molecule has 1 saturated heterocycles. The monoisotopic (exact) mass is 353 g/mol. The standard InChI is InChI=1S/C20H23N3O3/c1-23-18(13-19(24)22-23)17(12-15-8-4-2-5-9-15)21-20(25)26-14-16-10-6-3-7-11-16/h2-11,17-18H,12-14H2,1H3,(H,21,25)(H,22,24)/t17-,18-/m0/s1. The van der Waals surface area contributed by atoms with E-state index in [1.165, 1.54) is 0 Å². The summed E-state index contributed by atoms with van der Waals surface area (Å²) in [6.45, 7) is 0.211. The zero-order valence-corrected chi connectivity index (χ0v) is 14.7. The summed E-state index contributed by atoms with van der Waals surface area (Å²) in [4.78, 5) is 24.0. The number of carbonyl (C=O) groups excluding carboxylic acids is 2. The molecule has 0 radical (unpaired) electrons. The lowest BCUT2D eigenvalue weighted by molar-refractivity contribution is -0.120. The lowest BCUT2D eigenvalue weighted by Gasteiger charge is -2.28. The van der Waals surface area contributed by atoms with Crippen molar-refractivity contribution in [1.82, 2.24) is 15.8 Å². The predicted octanol–water partition coefficient (Wildman–Crippen LogP) is 2.26. The van der Waals surface area contributed by atoms with Gasteiger partial charge in [0.1, 0.15) is 6.61 Å². The normalized spacial score (nSPS) is 18.2. The first-order valence-corrected chi connectivity index (χ1v) is 8.65. The fourth-order valence-electron chi connectivity index (χ4n) is 3.13. The Kier molecular flexibility index (Phi) is 5.86. The number of nitrogens with zero attached hydrogens (tertiary/aromatic N) is 1. The van der Waals surface area contributed by atoms with E-state index in [0.717, 1.165) is 11.1 Å². The molecule has 136 valence electrons. The van der Waals surface area contributed by atoms with Gasteiger partial charge in [-0.1, -0.05) is 60.7 Å². The number of hydrogen-bond acceptors (Lipinski definition) is 4. The van der Waals surface area contributed by atoms with Crippen LogP contribution in [0.4, 0.5) is 4.79 Å². The van der Waals surface area contributed by atoms with Gasteiger partial charge in [0.15, 0.2) is 0 Å². The molecule has 6 nitrogen and oxygen atoms in total. The van der Waals surface area contributed by atoms with Crippen LogP contribution in [0.25, 0.3) is 0 Å². The topological polar surface area (TPSA) is 70.7 Å². The second-order valence-electron chi connectivity index (χ2n) is 6.42. The summed E-state index contributed by atoms with van der Waals surface area (Å²) in [6.07, 6.45) is 0.473. The molecule has 2 aromatic carbocycles. The third-order valence-corrected chi connectivity index (χ3v) is 4.47. The molecule has 2 N–H and O–H groups in total. The lowest BCUT2D eigenvalue weighted by atomic mass is 9.97. The third-order valence-electron chi connectivity index (χ3n) is 4.47. The first kappa shape index (κ1) is 17.9. The molecule has 1 aliphatic heterocycles. The minimum absolute atomic E-state index is 0.0463. The van der Waals surface area contributed by atoms with Gasteiger partial charge in [-0.25, -0.2) is 9.80 Å². The largest absolute Gasteiger partial charge is 0.445 e. The highest BCUT2D eigenvalue weighted by Crippen LogP contribution is 2.16. The number of nitrogens with one attached hydrogen (secondary N) is 2. The van der Waals surface area contributed by atoms with Gasteiger partial charge >= 0.3 is 6.09 Å². The summed E-state index contributed by atoms with van der Waals surface area (Å²) in [5.74, 6) is -0.0463. The van der Waals surface area contributed by atoms with Crippen LogP contribution < -0.4 is 10.7 Å². The van der Waals surface area contributed by atoms with Crippen molar-refractivity contribution in [3.05, 3.63) is 71.8 Å². The van der Waals surface area contributed by atoms with Crippen LogP contribution in [-0.4, -0.2) is 36.1 Å². The van der Waals surface area contributed by atoms with Gasteiger partial charge in [0.25, 0.3) is 0 Å². The Balaban J connectivity index is 1.64. The molecule has 0 aliphatic carbocycles. The summed E-state index contributed by atoms with van der Waals surface area (Å²) < 4.78 is 5.34. The molecule has 2 aromatic rings. The molecule has 1 heterocycles. The average molecular weight is 353 g/mol. The number of alkyl carbamates (subject to hydrolysis) is 1. The van der Waals surface area contributed by atoms with Gasteiger partial charge in [-0.15, -0.1) is 0 Å². The summed E-state index contributed by atoms with van der Waals surface area (Å²) >= 11 is 0. The highest BCUT2D eigenvalue weighted by Gasteiger charge is 2.35. The van der Waals surface area contributed by atoms with Crippen molar-refractivity contribution in [1.29, 1.82) is 0 Å². The molecular formula is C20H23N3O3. The average Bonchev–Trinajstić information content (AvgIpc) is 2.99. The number of carbonyl (C=O) groups is 2. The van der Waals surface area contributed by atoms with Crippen LogP contribution in [0.3, 0.4) is 0 Å². The molecule has 0 unspecified atom stereocenters. The van der Waals surface area contributed by atoms with Crippen molar-refractivity contribution >= 4 is 12.0 Å². The number of rotatable bonds is 6. The maximum Gasteiger partial charge on any atom is 0.407 e. The van der Waals surface area contributed by atoms with Gasteiger partial charge in [0, 0.05) is 13.5 Å². The van der Waals surface area contributed by atoms with Crippen molar-refractivity contribution in [2.45, 2.75) is 31.5 Å². The number of ether oxygens (including phenoxy) is 1. The SMILES string of the molecule is CN1NC(=O)C[C@H]1[C@H](Cc1ccccc1)NC(=O)OCc1ccccc1. The van der Waals surface area contributed by atoms with E-state index in [1.54, 1.807) is 5.01 Å². The highest BCUT2D eigenvalue weighted by atomic mass is 16.5. The number of hydrogen-bond donors (Lipinski definition) is 2. The van der Waals surface area contributed by atoms with E-state index in [4.69, 9.17) is 4.74 Å². The first-order valence-electron chi connectivity index (χ1n) is 8.65. The minimum atomic E-state index is -0.484. The van der Waals surface area contributed by atoms with E-state index >= 15 is 0 Å². The second kappa shape index (κ2) is 8.49. The number of hydrazine groups is 1. The molecule has 1 fully saturated rings. The van der Waals surface area contributed by atoms with E-state index < -0.39 is 6.09 Å². The molecule has 0 spiro atoms. The molecule has 2 amide bonds. The molecular weight excluding hydrogens is 330 g/mol. The van der Waals surface area contributed by atoms with Crippen LogP contribution in [0, 0.1) is 0 Å². The molecule has 26 heavy (non-hydrogen) atoms. The van der Waals surface area contributed by atoms with E-state index in [1.807, 2.05) is 67.7 Å². The summed E-state index contributed by atoms with van der Waals surface area (Å²) in [6, 6.07) is 19.0. The summed E-state index contributed by atoms with van der Waals surface area (Å²) in [5.41, 5.74) is 4.79. The molecule has 2 atom stereocenters. The maximum atomic E-state index is 12.3. The highest BCUT2D eigenvalue weighted by molar-refractivity contribution is 5.78. The van der Waals surface area contributed by atoms with Crippen molar-refractivity contribution in [2.24, 2.45) is 0 Å². The molecule has 0 aromatic heterocycles. The van der Waals surface area contributed by atoms with Crippen molar-refractivity contribution in [3.8, 4) is 0 Å². The Morgan fingerprint density at radius 3 is 2.35 bits per heavy atom. The zero-order valence-electron chi connectivity index (χ0n) is 14.7. The van der Waals surface area contributed by atoms with Gasteiger partial charge in [-0.05, 0) is 17.5 Å². The predicted molar refractivity (Wildman–Crippen MR) is 98.0 cm³/mol. The van der Waals surface area contributed by atoms with Crippen molar-refractivity contribution in [3.63, 3.8) is 0 Å². The van der Waals surface area contributed by atoms with Gasteiger partial charge < -0.3 is 10.1 Å². The van der Waals surface area contributed by atoms with Crippen LogP contribution in [0.2, 0.25) is 0 Å². The fraction of sp³-hybridized carbons (Fsp3) is 0.300. The van der Waals surface area contributed by atoms with E-state index in [0.29, 0.717) is 12.8 Å². The molecule has 0 saturated carbocycles. The fourth-order valence-corrected chi connectivity index (χ4v) is 3.13. The Labute approximate surface area is 153 Å². The van der Waals surface area contributed by atoms with Gasteiger partial charge in [0.05, 0.1) is 12.1 Å². The van der Waals surface area contributed by atoms with Crippen LogP contribution in [0.1, 0.15) is 17.5 Å². The zero-order chi connectivity index (χ0) is 18.4. The van der Waals surface area contributed by atoms with E-state index in [2.05, 4.69) is 10.7 Å². The molecule has 1 aliphatic rings. The van der Waals surface area contributed by atoms with E-state index in [9.17, 15) is 9.59 Å². The van der Waals surface area contributed by atoms with Crippen molar-refractivity contribution in [2.75, 3.05) is 7.05 Å². The quantitative estimate of drug-likeness (QED) is 0.836. The van der Waals surface area contributed by atoms with Gasteiger partial charge in [-0.2, -0.15) is 0 Å². The molecule has 6 heteroatoms. The summed E-state index contributed by atoms with van der Waals surface area (Å²) in [5, 5.41) is 4.69. The Morgan fingerprint density at radius 2 is 1.77 bits per heavy atom. The number of likely N-dealkylation sites (N-methyl/N-ethyl adjacent to an activating group) is 1. The lowest BCUT2D eigenvalue weighted by Crippen LogP contribution is -2.51.